The van der Waals surface area contributed by atoms with E-state index < -0.39 is 5.91 Å². The first-order valence-electron chi connectivity index (χ1n) is 12.1. The van der Waals surface area contributed by atoms with E-state index >= 15 is 0 Å². The number of carbonyl (C=O) groups is 2. The number of aromatic nitrogens is 1. The molecule has 0 saturated heterocycles. The lowest BCUT2D eigenvalue weighted by atomic mass is 9.96. The Morgan fingerprint density at radius 2 is 2.05 bits per heavy atom. The van der Waals surface area contributed by atoms with Crippen molar-refractivity contribution in [2.75, 3.05) is 32.6 Å². The maximum Gasteiger partial charge on any atom is 0.410 e. The topological polar surface area (TPSA) is 117 Å². The Bertz CT molecular complexity index is 1180. The molecule has 198 valence electrons. The average Bonchev–Trinajstić information content (AvgIpc) is 2.89. The van der Waals surface area contributed by atoms with Gasteiger partial charge < -0.3 is 29.7 Å². The lowest BCUT2D eigenvalue weighted by Gasteiger charge is -2.29. The number of nitrogens with one attached hydrogen (secondary N) is 1. The molecule has 2 amide bonds. The number of aliphatic imine (C=N–C) groups is 1. The Balaban J connectivity index is 1.86. The van der Waals surface area contributed by atoms with Crippen molar-refractivity contribution in [2.45, 2.75) is 45.9 Å². The van der Waals surface area contributed by atoms with E-state index in [1.807, 2.05) is 26.8 Å². The van der Waals surface area contributed by atoms with E-state index in [9.17, 15) is 14.7 Å². The predicted molar refractivity (Wildman–Crippen MR) is 142 cm³/mol. The molecule has 0 aliphatic carbocycles. The normalized spacial score (nSPS) is 14.0. The van der Waals surface area contributed by atoms with E-state index in [1.165, 1.54) is 7.11 Å². The average molecular weight is 510 g/mol. The lowest BCUT2D eigenvalue weighted by Crippen LogP contribution is -2.37. The number of aliphatic hydroxyl groups excluding tert-OH is 1. The van der Waals surface area contributed by atoms with Crippen LogP contribution in [0.5, 0.6) is 5.75 Å². The standard InChI is InChI=1S/C27H35N5O5/c1-7-32(18(4)16-33)25(28-5)22-9-8-10-24(29-22)30-26(34)21-13-20-15-31(27(35)37-17(2)3)12-11-19(20)14-23(21)36-6/h7-10,13-14,17-18,33H,1,11-12,15-16H2,2-6H3,(H,29,30,34). The second kappa shape index (κ2) is 12.4. The maximum atomic E-state index is 13.3. The summed E-state index contributed by atoms with van der Waals surface area (Å²) in [6, 6.07) is 8.55. The zero-order chi connectivity index (χ0) is 27.1. The van der Waals surface area contributed by atoms with E-state index in [0.29, 0.717) is 48.2 Å². The quantitative estimate of drug-likeness (QED) is 0.414. The molecule has 2 N–H and O–H groups in total. The first kappa shape index (κ1) is 27.7. The molecular formula is C27H35N5O5. The van der Waals surface area contributed by atoms with Crippen LogP contribution in [-0.4, -0.2) is 77.2 Å². The van der Waals surface area contributed by atoms with Crippen LogP contribution in [0, 0.1) is 0 Å². The minimum atomic E-state index is -0.398. The zero-order valence-corrected chi connectivity index (χ0v) is 22.0. The number of methoxy groups -OCH3 is 1. The molecule has 1 aromatic carbocycles. The van der Waals surface area contributed by atoms with Crippen LogP contribution in [0.4, 0.5) is 10.6 Å². The van der Waals surface area contributed by atoms with Crippen molar-refractivity contribution in [1.29, 1.82) is 0 Å². The number of fused-ring (bicyclic) bond motifs is 1. The van der Waals surface area contributed by atoms with E-state index in [2.05, 4.69) is 21.9 Å². The SMILES string of the molecule is C=CN(C(=NC)c1cccc(NC(=O)c2cc3c(cc2OC)CCN(C(=O)OC(C)C)C3)n1)C(C)CO. The van der Waals surface area contributed by atoms with Gasteiger partial charge >= 0.3 is 6.09 Å². The molecule has 0 radical (unpaired) electrons. The first-order valence-corrected chi connectivity index (χ1v) is 12.1. The van der Waals surface area contributed by atoms with Crippen molar-refractivity contribution in [3.8, 4) is 5.75 Å². The van der Waals surface area contributed by atoms with E-state index in [4.69, 9.17) is 9.47 Å². The molecule has 10 nitrogen and oxygen atoms in total. The minimum absolute atomic E-state index is 0.0911. The monoisotopic (exact) mass is 509 g/mol. The van der Waals surface area contributed by atoms with Crippen LogP contribution in [0.25, 0.3) is 0 Å². The summed E-state index contributed by atoms with van der Waals surface area (Å²) >= 11 is 0. The molecule has 1 unspecified atom stereocenters. The van der Waals surface area contributed by atoms with Crippen molar-refractivity contribution < 1.29 is 24.2 Å². The molecular weight excluding hydrogens is 474 g/mol. The highest BCUT2D eigenvalue weighted by atomic mass is 16.6. The third-order valence-corrected chi connectivity index (χ3v) is 5.99. The third-order valence-electron chi connectivity index (χ3n) is 5.99. The number of benzene rings is 1. The number of aliphatic hydroxyl groups is 1. The van der Waals surface area contributed by atoms with Crippen LogP contribution < -0.4 is 10.1 Å². The highest BCUT2D eigenvalue weighted by molar-refractivity contribution is 6.06. The Kier molecular flexibility index (Phi) is 9.24. The highest BCUT2D eigenvalue weighted by Gasteiger charge is 2.26. The van der Waals surface area contributed by atoms with Gasteiger partial charge in [0.15, 0.2) is 5.84 Å². The maximum absolute atomic E-state index is 13.3. The summed E-state index contributed by atoms with van der Waals surface area (Å²) in [6.45, 7) is 10.0. The number of hydrogen-bond donors (Lipinski definition) is 2. The fraction of sp³-hybridized carbons (Fsp3) is 0.407. The van der Waals surface area contributed by atoms with Crippen LogP contribution >= 0.6 is 0 Å². The lowest BCUT2D eigenvalue weighted by molar-refractivity contribution is 0.0730. The minimum Gasteiger partial charge on any atom is -0.496 e. The predicted octanol–water partition coefficient (Wildman–Crippen LogP) is 3.45. The Morgan fingerprint density at radius 3 is 2.68 bits per heavy atom. The second-order valence-corrected chi connectivity index (χ2v) is 8.96. The van der Waals surface area contributed by atoms with Crippen LogP contribution in [0.1, 0.15) is 48.0 Å². The van der Waals surface area contributed by atoms with Gasteiger partial charge in [0.1, 0.15) is 17.3 Å². The van der Waals surface area contributed by atoms with Gasteiger partial charge in [0.25, 0.3) is 5.91 Å². The summed E-state index contributed by atoms with van der Waals surface area (Å²) < 4.78 is 10.8. The highest BCUT2D eigenvalue weighted by Crippen LogP contribution is 2.29. The molecule has 1 aliphatic rings. The smallest absolute Gasteiger partial charge is 0.410 e. The zero-order valence-electron chi connectivity index (χ0n) is 22.0. The Morgan fingerprint density at radius 1 is 1.30 bits per heavy atom. The van der Waals surface area contributed by atoms with Crippen molar-refractivity contribution in [3.05, 3.63) is 65.5 Å². The Labute approximate surface area is 217 Å². The number of amidine groups is 1. The van der Waals surface area contributed by atoms with Gasteiger partial charge in [-0.3, -0.25) is 9.79 Å². The van der Waals surface area contributed by atoms with Crippen molar-refractivity contribution in [3.63, 3.8) is 0 Å². The van der Waals surface area contributed by atoms with Gasteiger partial charge in [0, 0.05) is 20.1 Å². The molecule has 1 atom stereocenters. The number of carbonyl (C=O) groups excluding carboxylic acids is 2. The fourth-order valence-electron chi connectivity index (χ4n) is 4.10. The van der Waals surface area contributed by atoms with Gasteiger partial charge in [0.2, 0.25) is 0 Å². The molecule has 3 rings (SSSR count). The summed E-state index contributed by atoms with van der Waals surface area (Å²) in [5.74, 6) is 0.875. The summed E-state index contributed by atoms with van der Waals surface area (Å²) in [5, 5.41) is 12.4. The van der Waals surface area contributed by atoms with Gasteiger partial charge in [-0.1, -0.05) is 12.6 Å². The summed E-state index contributed by atoms with van der Waals surface area (Å²) in [7, 11) is 3.14. The van der Waals surface area contributed by atoms with Crippen LogP contribution in [0.2, 0.25) is 0 Å². The van der Waals surface area contributed by atoms with Gasteiger partial charge in [-0.15, -0.1) is 0 Å². The molecule has 1 aromatic heterocycles. The number of pyridine rings is 1. The molecule has 37 heavy (non-hydrogen) atoms. The molecule has 0 saturated carbocycles. The fourth-order valence-corrected chi connectivity index (χ4v) is 4.10. The van der Waals surface area contributed by atoms with Crippen LogP contribution in [0.15, 0.2) is 48.1 Å². The summed E-state index contributed by atoms with van der Waals surface area (Å²) in [5.41, 5.74) is 2.73. The molecule has 1 aliphatic heterocycles. The van der Waals surface area contributed by atoms with E-state index in [1.54, 1.807) is 47.3 Å². The molecule has 0 fully saturated rings. The molecule has 0 bridgehead atoms. The van der Waals surface area contributed by atoms with Crippen LogP contribution in [-0.2, 0) is 17.7 Å². The van der Waals surface area contributed by atoms with Crippen molar-refractivity contribution in [1.82, 2.24) is 14.8 Å². The van der Waals surface area contributed by atoms with E-state index in [0.717, 1.165) is 11.1 Å². The number of anilines is 1. The molecule has 2 aromatic rings. The Hall–Kier alpha value is -3.92. The molecule has 0 spiro atoms. The molecule has 2 heterocycles. The van der Waals surface area contributed by atoms with Crippen molar-refractivity contribution >= 4 is 23.7 Å². The third kappa shape index (κ3) is 6.45. The summed E-state index contributed by atoms with van der Waals surface area (Å²) in [4.78, 5) is 37.9. The van der Waals surface area contributed by atoms with Gasteiger partial charge in [-0.05, 0) is 68.8 Å². The van der Waals surface area contributed by atoms with Crippen LogP contribution in [0.3, 0.4) is 0 Å². The number of amides is 2. The molecule has 10 heteroatoms. The van der Waals surface area contributed by atoms with E-state index in [-0.39, 0.29) is 24.8 Å². The largest absolute Gasteiger partial charge is 0.496 e. The van der Waals surface area contributed by atoms with Gasteiger partial charge in [-0.25, -0.2) is 9.78 Å². The number of nitrogens with zero attached hydrogens (tertiary/aromatic N) is 4. The second-order valence-electron chi connectivity index (χ2n) is 8.96. The number of ether oxygens (including phenoxy) is 2. The van der Waals surface area contributed by atoms with Gasteiger partial charge in [-0.2, -0.15) is 0 Å². The van der Waals surface area contributed by atoms with Crippen molar-refractivity contribution in [2.24, 2.45) is 4.99 Å². The number of hydrogen-bond acceptors (Lipinski definition) is 7. The first-order chi connectivity index (χ1) is 17.7. The number of rotatable bonds is 8. The van der Waals surface area contributed by atoms with Gasteiger partial charge in [0.05, 0.1) is 31.4 Å². The summed E-state index contributed by atoms with van der Waals surface area (Å²) in [6.07, 6.45) is 1.63.